The summed E-state index contributed by atoms with van der Waals surface area (Å²) in [5, 5.41) is 21.7. The molecule has 0 aliphatic heterocycles. The van der Waals surface area contributed by atoms with Gasteiger partial charge in [0.05, 0.1) is 22.4 Å². The molecule has 0 amide bonds. The fourth-order valence-corrected chi connectivity index (χ4v) is 12.2. The second-order valence-corrected chi connectivity index (χ2v) is 20.3. The maximum absolute atomic E-state index is 9.89. The molecule has 0 fully saturated rings. The number of thiol groups is 1. The molecule has 15 rings (SSSR count). The minimum absolute atomic E-state index is 0.287. The molecule has 78 heavy (non-hydrogen) atoms. The average molecular weight is 1020 g/mol. The number of anilines is 2. The van der Waals surface area contributed by atoms with Gasteiger partial charge in [0.2, 0.25) is 0 Å². The van der Waals surface area contributed by atoms with Crippen LogP contribution in [0.2, 0.25) is 0 Å². The van der Waals surface area contributed by atoms with Crippen LogP contribution in [0.1, 0.15) is 5.56 Å². The molecule has 0 unspecified atom stereocenters. The lowest BCUT2D eigenvalue weighted by Gasteiger charge is -2.31. The van der Waals surface area contributed by atoms with Crippen LogP contribution in [0.25, 0.3) is 121 Å². The molecular weight excluding hydrogens is 969 g/mol. The number of benzene rings is 12. The maximum Gasteiger partial charge on any atom is 0.136 e. The molecule has 5 nitrogen and oxygen atoms in total. The van der Waals surface area contributed by atoms with Crippen LogP contribution in [0.15, 0.2) is 281 Å². The predicted molar refractivity (Wildman–Crippen MR) is 332 cm³/mol. The van der Waals surface area contributed by atoms with Gasteiger partial charge in [-0.2, -0.15) is 0 Å². The predicted octanol–water partition coefficient (Wildman–Crippen LogP) is 19.6. The number of fused-ring (bicyclic) bond motifs is 12. The molecule has 1 aliphatic carbocycles. The Balaban J connectivity index is 0.880. The van der Waals surface area contributed by atoms with Crippen LogP contribution >= 0.6 is 12.8 Å². The van der Waals surface area contributed by atoms with E-state index in [2.05, 4.69) is 269 Å². The summed E-state index contributed by atoms with van der Waals surface area (Å²) in [6.07, 6.45) is 4.13. The zero-order valence-electron chi connectivity index (χ0n) is 42.1. The molecule has 6 heteroatoms. The number of hydrogen-bond acceptors (Lipinski definition) is 5. The molecule has 0 saturated carbocycles. The molecule has 2 heterocycles. The normalized spacial score (nSPS) is 13.4. The van der Waals surface area contributed by atoms with Crippen LogP contribution in [-0.4, -0.2) is 16.0 Å². The van der Waals surface area contributed by atoms with Gasteiger partial charge in [-0.05, 0) is 170 Å². The van der Waals surface area contributed by atoms with Crippen molar-refractivity contribution in [3.63, 3.8) is 0 Å². The number of nitrogens with zero attached hydrogens (tertiary/aromatic N) is 3. The van der Waals surface area contributed by atoms with E-state index < -0.39 is 0 Å². The van der Waals surface area contributed by atoms with Crippen LogP contribution in [0, 0.1) is 5.41 Å². The first kappa shape index (κ1) is 45.4. The van der Waals surface area contributed by atoms with Crippen molar-refractivity contribution in [1.82, 2.24) is 4.57 Å². The first-order valence-corrected chi connectivity index (χ1v) is 26.6. The second-order valence-electron chi connectivity index (χ2n) is 20.1. The van der Waals surface area contributed by atoms with Crippen molar-refractivity contribution < 1.29 is 4.42 Å². The lowest BCUT2D eigenvalue weighted by Crippen LogP contribution is -2.30. The topological polar surface area (TPSA) is 57.5 Å². The lowest BCUT2D eigenvalue weighted by atomic mass is 9.91. The van der Waals surface area contributed by atoms with Crippen LogP contribution in [0.3, 0.4) is 0 Å². The van der Waals surface area contributed by atoms with Crippen molar-refractivity contribution in [3.8, 4) is 39.1 Å². The molecule has 1 aliphatic rings. The summed E-state index contributed by atoms with van der Waals surface area (Å²) in [5.41, 5.74) is 16.8. The van der Waals surface area contributed by atoms with E-state index in [9.17, 15) is 5.41 Å². The molecule has 366 valence electrons. The van der Waals surface area contributed by atoms with Gasteiger partial charge in [-0.15, -0.1) is 0 Å². The van der Waals surface area contributed by atoms with E-state index in [0.29, 0.717) is 5.71 Å². The van der Waals surface area contributed by atoms with E-state index in [1.54, 1.807) is 0 Å². The maximum atomic E-state index is 9.89. The van der Waals surface area contributed by atoms with Crippen LogP contribution in [0.4, 0.5) is 11.4 Å². The molecule has 2 aromatic heterocycles. The van der Waals surface area contributed by atoms with Gasteiger partial charge in [-0.1, -0.05) is 176 Å². The number of furan rings is 1. The van der Waals surface area contributed by atoms with Crippen molar-refractivity contribution in [2.75, 3.05) is 4.90 Å². The number of hydrogen-bond donors (Lipinski definition) is 2. The van der Waals surface area contributed by atoms with E-state index in [1.807, 2.05) is 24.3 Å². The number of nitrogens with one attached hydrogen (secondary N) is 1. The molecular formula is C72H46N4OS. The largest absolute Gasteiger partial charge is 0.456 e. The van der Waals surface area contributed by atoms with Crippen LogP contribution in [-0.2, 0) is 0 Å². The van der Waals surface area contributed by atoms with Gasteiger partial charge >= 0.3 is 0 Å². The van der Waals surface area contributed by atoms with E-state index in [1.165, 1.54) is 43.1 Å². The standard InChI is InChI=1S/C72H46N4OS/c73-70-57(37-39-66(71(70)74-78)75(54-32-26-47(27-33-54)45-14-3-1-4-15-45)56-21-13-20-49(40-56)46-16-5-2-6-17-46)48-28-34-55(35-29-48)76-65-38-31-52(53-30-36-60-59-23-11-12-25-67(59)77-68(60)44-53)43-64(65)69-61-24-10-9-22-58(61)62-41-50-18-7-8-19-51(50)42-63(62)72(69)76/h1-44,73,78H. The van der Waals surface area contributed by atoms with Gasteiger partial charge in [0.1, 0.15) is 16.9 Å². The molecule has 0 atom stereocenters. The Kier molecular flexibility index (Phi) is 10.7. The summed E-state index contributed by atoms with van der Waals surface area (Å²) in [7, 11) is 0. The number of para-hydroxylation sites is 1. The summed E-state index contributed by atoms with van der Waals surface area (Å²) in [4.78, 5) is 2.18. The van der Waals surface area contributed by atoms with Crippen molar-refractivity contribution >= 4 is 117 Å². The highest BCUT2D eigenvalue weighted by Gasteiger charge is 2.28. The van der Waals surface area contributed by atoms with Crippen molar-refractivity contribution in [2.24, 2.45) is 4.40 Å². The Morgan fingerprint density at radius 1 is 0.397 bits per heavy atom. The molecule has 0 radical (unpaired) electrons. The van der Waals surface area contributed by atoms with Gasteiger partial charge in [-0.25, -0.2) is 4.40 Å². The third-order valence-electron chi connectivity index (χ3n) is 15.7. The smallest absolute Gasteiger partial charge is 0.136 e. The minimum atomic E-state index is 0.287. The first-order valence-electron chi connectivity index (χ1n) is 26.2. The average Bonchev–Trinajstić information content (AvgIpc) is 4.28. The van der Waals surface area contributed by atoms with Gasteiger partial charge in [-0.3, -0.25) is 5.41 Å². The number of aromatic nitrogens is 1. The zero-order chi connectivity index (χ0) is 51.8. The number of allylic oxidation sites excluding steroid dienone is 4. The van der Waals surface area contributed by atoms with E-state index >= 15 is 0 Å². The fraction of sp³-hybridized carbons (Fsp3) is 0. The SMILES string of the molecule is N=C1C(c2ccc(-n3c4ccc(-c5ccc6c(c5)oc5ccccc56)cc4c4c5ccccc5c5cc6ccccc6cc5c43)cc2)=CC=C(N(c2ccc(-c3ccccc3)cc2)c2cccc(-c3ccccc3)c2)C1=NS. The van der Waals surface area contributed by atoms with Crippen LogP contribution < -0.4 is 4.90 Å². The highest BCUT2D eigenvalue weighted by Crippen LogP contribution is 2.46. The molecule has 0 bridgehead atoms. The highest BCUT2D eigenvalue weighted by molar-refractivity contribution is 7.79. The molecule has 14 aromatic rings. The molecule has 1 N–H and O–H groups in total. The lowest BCUT2D eigenvalue weighted by molar-refractivity contribution is 0.669. The van der Waals surface area contributed by atoms with Crippen molar-refractivity contribution in [2.45, 2.75) is 0 Å². The minimum Gasteiger partial charge on any atom is -0.456 e. The highest BCUT2D eigenvalue weighted by atomic mass is 32.1. The van der Waals surface area contributed by atoms with Gasteiger partial charge in [0, 0.05) is 49.6 Å². The Morgan fingerprint density at radius 2 is 0.974 bits per heavy atom. The summed E-state index contributed by atoms with van der Waals surface area (Å²) < 4.78 is 13.4. The Bertz CT molecular complexity index is 4850. The van der Waals surface area contributed by atoms with Gasteiger partial charge in [0.25, 0.3) is 0 Å². The first-order chi connectivity index (χ1) is 38.5. The quantitative estimate of drug-likeness (QED) is 0.0690. The fourth-order valence-electron chi connectivity index (χ4n) is 12.0. The van der Waals surface area contributed by atoms with Gasteiger partial charge in [0.15, 0.2) is 0 Å². The van der Waals surface area contributed by atoms with E-state index in [4.69, 9.17) is 4.42 Å². The zero-order valence-corrected chi connectivity index (χ0v) is 43.0. The summed E-state index contributed by atoms with van der Waals surface area (Å²) in [6.45, 7) is 0. The summed E-state index contributed by atoms with van der Waals surface area (Å²) in [5.74, 6) is 0. The van der Waals surface area contributed by atoms with Gasteiger partial charge < -0.3 is 13.9 Å². The van der Waals surface area contributed by atoms with Crippen LogP contribution in [0.5, 0.6) is 0 Å². The van der Waals surface area contributed by atoms with Crippen molar-refractivity contribution in [3.05, 3.63) is 278 Å². The Labute approximate surface area is 455 Å². The van der Waals surface area contributed by atoms with E-state index in [0.717, 1.165) is 100 Å². The third kappa shape index (κ3) is 7.41. The second kappa shape index (κ2) is 18.4. The summed E-state index contributed by atoms with van der Waals surface area (Å²) in [6, 6.07) is 90.6. The summed E-state index contributed by atoms with van der Waals surface area (Å²) >= 11 is 4.60. The molecule has 0 saturated heterocycles. The van der Waals surface area contributed by atoms with Crippen molar-refractivity contribution in [1.29, 1.82) is 5.41 Å². The molecule has 0 spiro atoms. The molecule has 12 aromatic carbocycles. The third-order valence-corrected chi connectivity index (χ3v) is 15.9. The van der Waals surface area contributed by atoms with E-state index in [-0.39, 0.29) is 5.71 Å². The Hall–Kier alpha value is -10.0. The Morgan fingerprint density at radius 3 is 1.73 bits per heavy atom. The number of rotatable bonds is 8. The monoisotopic (exact) mass is 1010 g/mol.